The van der Waals surface area contributed by atoms with Crippen LogP contribution >= 0.6 is 11.6 Å². The number of benzene rings is 2. The van der Waals surface area contributed by atoms with E-state index < -0.39 is 27.8 Å². The Morgan fingerprint density at radius 1 is 1.19 bits per heavy atom. The van der Waals surface area contributed by atoms with Gasteiger partial charge < -0.3 is 5.32 Å². The first-order chi connectivity index (χ1) is 12.6. The Morgan fingerprint density at radius 2 is 1.89 bits per heavy atom. The zero-order valence-corrected chi connectivity index (χ0v) is 16.7. The van der Waals surface area contributed by atoms with Crippen molar-refractivity contribution in [2.45, 2.75) is 20.8 Å². The number of nitrogens with zero attached hydrogens (tertiary/aromatic N) is 1. The van der Waals surface area contributed by atoms with Crippen LogP contribution in [0.25, 0.3) is 0 Å². The second-order valence-corrected chi connectivity index (χ2v) is 8.99. The van der Waals surface area contributed by atoms with Crippen LogP contribution in [0.15, 0.2) is 36.4 Å². The maximum Gasteiger partial charge on any atom is 0.257 e. The number of hydrogen-bond donors (Lipinski definition) is 1. The summed E-state index contributed by atoms with van der Waals surface area (Å²) in [6.07, 6.45) is 0. The van der Waals surface area contributed by atoms with Crippen LogP contribution < -0.4 is 9.62 Å². The molecule has 0 spiro atoms. The number of sulfonamides is 1. The molecule has 1 N–H and O–H groups in total. The van der Waals surface area contributed by atoms with E-state index in [1.165, 1.54) is 18.2 Å². The molecule has 0 unspecified atom stereocenters. The van der Waals surface area contributed by atoms with Crippen molar-refractivity contribution in [2.75, 3.05) is 15.4 Å². The molecule has 3 rings (SSSR count). The Bertz CT molecular complexity index is 1050. The van der Waals surface area contributed by atoms with E-state index in [1.807, 2.05) is 32.0 Å². The highest BCUT2D eigenvalue weighted by atomic mass is 35.5. The zero-order valence-electron chi connectivity index (χ0n) is 15.1. The van der Waals surface area contributed by atoms with Crippen LogP contribution in [0, 0.1) is 19.8 Å². The SMILES string of the molecule is Cc1ccc(NC(=O)c2ccc(N3C(=O)[C@@H](C)CS3(=O)=O)cc2Cl)c(C)c1. The molecule has 0 bridgehead atoms. The third kappa shape index (κ3) is 3.70. The molecule has 1 atom stereocenters. The highest BCUT2D eigenvalue weighted by molar-refractivity contribution is 7.94. The zero-order chi connectivity index (χ0) is 19.9. The summed E-state index contributed by atoms with van der Waals surface area (Å²) in [6, 6.07) is 9.80. The molecular formula is C19H19ClN2O4S. The summed E-state index contributed by atoms with van der Waals surface area (Å²) in [6.45, 7) is 5.41. The van der Waals surface area contributed by atoms with Gasteiger partial charge in [-0.2, -0.15) is 0 Å². The van der Waals surface area contributed by atoms with Crippen molar-refractivity contribution < 1.29 is 18.0 Å². The van der Waals surface area contributed by atoms with Crippen molar-refractivity contribution in [1.82, 2.24) is 0 Å². The summed E-state index contributed by atoms with van der Waals surface area (Å²) in [4.78, 5) is 24.7. The van der Waals surface area contributed by atoms with Gasteiger partial charge in [-0.1, -0.05) is 36.2 Å². The van der Waals surface area contributed by atoms with Gasteiger partial charge in [0.2, 0.25) is 15.9 Å². The van der Waals surface area contributed by atoms with E-state index in [4.69, 9.17) is 11.6 Å². The molecule has 2 amide bonds. The molecule has 142 valence electrons. The number of carbonyl (C=O) groups is 2. The summed E-state index contributed by atoms with van der Waals surface area (Å²) in [5, 5.41) is 2.86. The van der Waals surface area contributed by atoms with Crippen molar-refractivity contribution in [3.05, 3.63) is 58.1 Å². The average Bonchev–Trinajstić information content (AvgIpc) is 2.77. The van der Waals surface area contributed by atoms with E-state index in [2.05, 4.69) is 5.32 Å². The van der Waals surface area contributed by atoms with E-state index >= 15 is 0 Å². The summed E-state index contributed by atoms with van der Waals surface area (Å²) in [5.41, 5.74) is 2.99. The minimum atomic E-state index is -3.72. The predicted octanol–water partition coefficient (Wildman–Crippen LogP) is 3.52. The van der Waals surface area contributed by atoms with Gasteiger partial charge >= 0.3 is 0 Å². The minimum absolute atomic E-state index is 0.0670. The van der Waals surface area contributed by atoms with Crippen LogP contribution in [-0.2, 0) is 14.8 Å². The Kier molecular flexibility index (Phi) is 5.01. The fraction of sp³-hybridized carbons (Fsp3) is 0.263. The first-order valence-corrected chi connectivity index (χ1v) is 10.3. The fourth-order valence-corrected chi connectivity index (χ4v) is 5.12. The normalized spacial score (nSPS) is 18.6. The van der Waals surface area contributed by atoms with Crippen LogP contribution in [0.5, 0.6) is 0 Å². The van der Waals surface area contributed by atoms with Crippen molar-refractivity contribution in [2.24, 2.45) is 5.92 Å². The number of amides is 2. The highest BCUT2D eigenvalue weighted by Crippen LogP contribution is 2.31. The standard InChI is InChI=1S/C19H19ClN2O4S/c1-11-4-7-17(12(2)8-11)21-18(23)15-6-5-14(9-16(15)20)22-19(24)13(3)10-27(22,25)26/h4-9,13H,10H2,1-3H3,(H,21,23)/t13-/m0/s1. The lowest BCUT2D eigenvalue weighted by Gasteiger charge is -2.17. The number of rotatable bonds is 3. The van der Waals surface area contributed by atoms with Gasteiger partial charge in [0.25, 0.3) is 5.91 Å². The Morgan fingerprint density at radius 3 is 2.44 bits per heavy atom. The summed E-state index contributed by atoms with van der Waals surface area (Å²) in [5.74, 6) is -1.76. The maximum atomic E-state index is 12.6. The molecule has 6 nitrogen and oxygen atoms in total. The molecule has 27 heavy (non-hydrogen) atoms. The molecule has 0 saturated carbocycles. The predicted molar refractivity (Wildman–Crippen MR) is 106 cm³/mol. The smallest absolute Gasteiger partial charge is 0.257 e. The molecule has 1 aliphatic heterocycles. The van der Waals surface area contributed by atoms with Gasteiger partial charge in [0.1, 0.15) is 0 Å². The number of anilines is 2. The second-order valence-electron chi connectivity index (χ2n) is 6.72. The molecule has 0 aliphatic carbocycles. The quantitative estimate of drug-likeness (QED) is 0.845. The molecule has 1 heterocycles. The number of nitrogens with one attached hydrogen (secondary N) is 1. The maximum absolute atomic E-state index is 12.6. The van der Waals surface area contributed by atoms with Crippen LogP contribution in [0.2, 0.25) is 5.02 Å². The molecular weight excluding hydrogens is 388 g/mol. The first kappa shape index (κ1) is 19.4. The van der Waals surface area contributed by atoms with Crippen LogP contribution in [-0.4, -0.2) is 26.0 Å². The lowest BCUT2D eigenvalue weighted by molar-refractivity contribution is -0.119. The Balaban J connectivity index is 1.89. The molecule has 0 radical (unpaired) electrons. The molecule has 0 aromatic heterocycles. The van der Waals surface area contributed by atoms with Gasteiger partial charge in [-0.25, -0.2) is 12.7 Å². The minimum Gasteiger partial charge on any atom is -0.322 e. The number of carbonyl (C=O) groups excluding carboxylic acids is 2. The number of halogens is 1. The number of aryl methyl sites for hydroxylation is 2. The summed E-state index contributed by atoms with van der Waals surface area (Å²) >= 11 is 6.22. The van der Waals surface area contributed by atoms with Gasteiger partial charge in [-0.15, -0.1) is 0 Å². The van der Waals surface area contributed by atoms with E-state index in [-0.39, 0.29) is 22.0 Å². The van der Waals surface area contributed by atoms with E-state index in [9.17, 15) is 18.0 Å². The molecule has 1 fully saturated rings. The van der Waals surface area contributed by atoms with E-state index in [0.717, 1.165) is 15.4 Å². The van der Waals surface area contributed by atoms with Crippen LogP contribution in [0.1, 0.15) is 28.4 Å². The van der Waals surface area contributed by atoms with E-state index in [1.54, 1.807) is 6.92 Å². The van der Waals surface area contributed by atoms with Crippen molar-refractivity contribution in [1.29, 1.82) is 0 Å². The van der Waals surface area contributed by atoms with Crippen molar-refractivity contribution in [3.8, 4) is 0 Å². The van der Waals surface area contributed by atoms with Gasteiger partial charge in [-0.05, 0) is 43.7 Å². The third-order valence-electron chi connectivity index (χ3n) is 4.42. The lowest BCUT2D eigenvalue weighted by atomic mass is 10.1. The van der Waals surface area contributed by atoms with Crippen molar-refractivity contribution in [3.63, 3.8) is 0 Å². The Hall–Kier alpha value is -2.38. The molecule has 2 aromatic carbocycles. The van der Waals surface area contributed by atoms with Gasteiger partial charge in [0.05, 0.1) is 27.9 Å². The van der Waals surface area contributed by atoms with Gasteiger partial charge in [-0.3, -0.25) is 9.59 Å². The molecule has 8 heteroatoms. The van der Waals surface area contributed by atoms with Crippen molar-refractivity contribution >= 4 is 44.8 Å². The molecule has 1 aliphatic rings. The topological polar surface area (TPSA) is 83.6 Å². The average molecular weight is 407 g/mol. The number of hydrogen-bond acceptors (Lipinski definition) is 4. The van der Waals surface area contributed by atoms with Crippen LogP contribution in [0.4, 0.5) is 11.4 Å². The fourth-order valence-electron chi connectivity index (χ4n) is 3.04. The van der Waals surface area contributed by atoms with Gasteiger partial charge in [0, 0.05) is 5.69 Å². The molecule has 2 aromatic rings. The first-order valence-electron chi connectivity index (χ1n) is 8.35. The summed E-state index contributed by atoms with van der Waals surface area (Å²) < 4.78 is 25.2. The largest absolute Gasteiger partial charge is 0.322 e. The Labute approximate surface area is 163 Å². The van der Waals surface area contributed by atoms with E-state index in [0.29, 0.717) is 5.69 Å². The van der Waals surface area contributed by atoms with Crippen LogP contribution in [0.3, 0.4) is 0 Å². The highest BCUT2D eigenvalue weighted by Gasteiger charge is 2.42. The third-order valence-corrected chi connectivity index (χ3v) is 6.60. The summed E-state index contributed by atoms with van der Waals surface area (Å²) in [7, 11) is -3.72. The molecule has 1 saturated heterocycles. The monoisotopic (exact) mass is 406 g/mol. The lowest BCUT2D eigenvalue weighted by Crippen LogP contribution is -2.30. The van der Waals surface area contributed by atoms with Gasteiger partial charge in [0.15, 0.2) is 0 Å². The second kappa shape index (κ2) is 6.98.